The Kier molecular flexibility index (Phi) is 6.78. The van der Waals surface area contributed by atoms with E-state index in [1.165, 1.54) is 21.1 Å². The van der Waals surface area contributed by atoms with Crippen molar-refractivity contribution in [3.8, 4) is 0 Å². The molecule has 0 bridgehead atoms. The predicted octanol–water partition coefficient (Wildman–Crippen LogP) is 1.51. The summed E-state index contributed by atoms with van der Waals surface area (Å²) in [7, 11) is -4.00. The van der Waals surface area contributed by atoms with Crippen LogP contribution in [0.1, 0.15) is 0 Å². The highest BCUT2D eigenvalue weighted by Crippen LogP contribution is 2.27. The third-order valence-electron chi connectivity index (χ3n) is 6.68. The summed E-state index contributed by atoms with van der Waals surface area (Å²) in [6.07, 6.45) is 1.28. The molecule has 3 heterocycles. The molecule has 3 aromatic rings. The van der Waals surface area contributed by atoms with Crippen molar-refractivity contribution in [2.45, 2.75) is 11.4 Å². The summed E-state index contributed by atoms with van der Waals surface area (Å²) < 4.78 is 49.6. The first-order valence-corrected chi connectivity index (χ1v) is 13.3. The Balaban J connectivity index is 1.45. The Morgan fingerprint density at radius 2 is 1.53 bits per heavy atom. The van der Waals surface area contributed by atoms with E-state index in [4.69, 9.17) is 4.74 Å². The van der Waals surface area contributed by atoms with Crippen LogP contribution in [0.2, 0.25) is 0 Å². The molecule has 0 spiro atoms. The van der Waals surface area contributed by atoms with Crippen LogP contribution in [0.25, 0.3) is 10.8 Å². The van der Waals surface area contributed by atoms with Gasteiger partial charge in [-0.3, -0.25) is 9.59 Å². The molecule has 1 aromatic heterocycles. The Morgan fingerprint density at radius 3 is 2.22 bits per heavy atom. The molecule has 2 aromatic carbocycles. The summed E-state index contributed by atoms with van der Waals surface area (Å²) in [5, 5.41) is 0.549. The van der Waals surface area contributed by atoms with Crippen molar-refractivity contribution >= 4 is 32.4 Å². The van der Waals surface area contributed by atoms with Crippen LogP contribution in [0.15, 0.2) is 64.4 Å². The van der Waals surface area contributed by atoms with Gasteiger partial charge < -0.3 is 19.1 Å². The number of carbonyl (C=O) groups excluding carboxylic acids is 1. The average molecular weight is 515 g/mol. The molecule has 1 amide bonds. The van der Waals surface area contributed by atoms with Gasteiger partial charge in [-0.2, -0.15) is 4.31 Å². The van der Waals surface area contributed by atoms with E-state index in [-0.39, 0.29) is 41.6 Å². The molecule has 2 fully saturated rings. The number of hydrogen-bond donors (Lipinski definition) is 0. The molecule has 0 unspecified atom stereocenters. The molecule has 2 saturated heterocycles. The van der Waals surface area contributed by atoms with Crippen molar-refractivity contribution in [1.82, 2.24) is 13.8 Å². The average Bonchev–Trinajstić information content (AvgIpc) is 2.91. The summed E-state index contributed by atoms with van der Waals surface area (Å²) in [5.41, 5.74) is 0.0192. The zero-order valence-corrected chi connectivity index (χ0v) is 20.5. The van der Waals surface area contributed by atoms with E-state index in [1.54, 1.807) is 47.4 Å². The van der Waals surface area contributed by atoms with E-state index in [1.807, 2.05) is 4.90 Å². The number of ether oxygens (including phenoxy) is 1. The second-order valence-corrected chi connectivity index (χ2v) is 10.7. The van der Waals surface area contributed by atoms with Crippen molar-refractivity contribution < 1.29 is 22.3 Å². The minimum absolute atomic E-state index is 0.0215. The van der Waals surface area contributed by atoms with E-state index >= 15 is 0 Å². The number of aromatic nitrogens is 1. The van der Waals surface area contributed by atoms with E-state index in [9.17, 15) is 22.4 Å². The first-order chi connectivity index (χ1) is 17.4. The molecule has 190 valence electrons. The summed E-state index contributed by atoms with van der Waals surface area (Å²) in [4.78, 5) is 29.4. The van der Waals surface area contributed by atoms with Crippen LogP contribution >= 0.6 is 0 Å². The number of benzene rings is 2. The van der Waals surface area contributed by atoms with Crippen LogP contribution in [0, 0.1) is 5.82 Å². The van der Waals surface area contributed by atoms with Crippen molar-refractivity contribution in [1.29, 1.82) is 0 Å². The van der Waals surface area contributed by atoms with Crippen molar-refractivity contribution in [3.63, 3.8) is 0 Å². The third kappa shape index (κ3) is 4.61. The summed E-state index contributed by atoms with van der Waals surface area (Å²) >= 11 is 0. The van der Waals surface area contributed by atoms with Crippen LogP contribution in [0.5, 0.6) is 0 Å². The Hall–Kier alpha value is -3.28. The molecule has 0 aliphatic carbocycles. The number of para-hydroxylation sites is 1. The van der Waals surface area contributed by atoms with Gasteiger partial charge in [0, 0.05) is 56.2 Å². The largest absolute Gasteiger partial charge is 0.378 e. The molecule has 2 aliphatic rings. The van der Waals surface area contributed by atoms with Gasteiger partial charge in [0.05, 0.1) is 18.9 Å². The molecular formula is C25H27FN4O5S. The minimum atomic E-state index is -4.00. The third-order valence-corrected chi connectivity index (χ3v) is 8.60. The first-order valence-electron chi connectivity index (χ1n) is 11.8. The second kappa shape index (κ2) is 10.00. The molecule has 36 heavy (non-hydrogen) atoms. The number of morpholine rings is 1. The zero-order valence-electron chi connectivity index (χ0n) is 19.7. The van der Waals surface area contributed by atoms with Gasteiger partial charge in [0.1, 0.15) is 17.3 Å². The molecule has 0 saturated carbocycles. The van der Waals surface area contributed by atoms with Crippen molar-refractivity contribution in [2.24, 2.45) is 0 Å². The van der Waals surface area contributed by atoms with Crippen LogP contribution in [0.4, 0.5) is 10.1 Å². The number of piperazine rings is 1. The highest BCUT2D eigenvalue weighted by atomic mass is 32.2. The predicted molar refractivity (Wildman–Crippen MR) is 133 cm³/mol. The number of halogens is 1. The number of carbonyl (C=O) groups is 1. The summed E-state index contributed by atoms with van der Waals surface area (Å²) in [6, 6.07) is 12.9. The molecular weight excluding hydrogens is 487 g/mol. The van der Waals surface area contributed by atoms with E-state index < -0.39 is 15.6 Å². The van der Waals surface area contributed by atoms with Gasteiger partial charge >= 0.3 is 0 Å². The number of rotatable bonds is 5. The maximum Gasteiger partial charge on any atom is 0.258 e. The van der Waals surface area contributed by atoms with Gasteiger partial charge in [-0.05, 0) is 18.2 Å². The number of anilines is 1. The lowest BCUT2D eigenvalue weighted by Gasteiger charge is -2.35. The van der Waals surface area contributed by atoms with Gasteiger partial charge in [0.25, 0.3) is 5.56 Å². The smallest absolute Gasteiger partial charge is 0.258 e. The molecule has 0 radical (unpaired) electrons. The molecule has 5 rings (SSSR count). The summed E-state index contributed by atoms with van der Waals surface area (Å²) in [6.45, 7) is 2.44. The van der Waals surface area contributed by atoms with Gasteiger partial charge in [-0.15, -0.1) is 0 Å². The Bertz CT molecular complexity index is 1440. The maximum absolute atomic E-state index is 14.2. The van der Waals surface area contributed by atoms with E-state index in [0.717, 1.165) is 0 Å². The van der Waals surface area contributed by atoms with Crippen molar-refractivity contribution in [3.05, 3.63) is 70.9 Å². The number of amides is 1. The first kappa shape index (κ1) is 24.4. The van der Waals surface area contributed by atoms with E-state index in [0.29, 0.717) is 50.5 Å². The highest BCUT2D eigenvalue weighted by Gasteiger charge is 2.32. The molecule has 2 aliphatic heterocycles. The van der Waals surface area contributed by atoms with Gasteiger partial charge in [0.2, 0.25) is 15.9 Å². The van der Waals surface area contributed by atoms with Gasteiger partial charge in [-0.25, -0.2) is 12.8 Å². The SMILES string of the molecule is O=C(Cn1cc(S(=O)(=O)N2CCN(c3ccccc3F)CC2)c2ccccc2c1=O)N1CCOCC1. The molecule has 9 nitrogen and oxygen atoms in total. The number of hydrogen-bond acceptors (Lipinski definition) is 6. The van der Waals surface area contributed by atoms with Gasteiger partial charge in [0.15, 0.2) is 0 Å². The number of fused-ring (bicyclic) bond motifs is 1. The fraction of sp³-hybridized carbons (Fsp3) is 0.360. The highest BCUT2D eigenvalue weighted by molar-refractivity contribution is 7.89. The quantitative estimate of drug-likeness (QED) is 0.513. The molecule has 11 heteroatoms. The zero-order chi connectivity index (χ0) is 25.3. The Labute approximate surface area is 208 Å². The lowest BCUT2D eigenvalue weighted by molar-refractivity contribution is -0.135. The fourth-order valence-electron chi connectivity index (χ4n) is 4.71. The molecule has 0 atom stereocenters. The van der Waals surface area contributed by atoms with Crippen LogP contribution in [-0.2, 0) is 26.1 Å². The molecule has 0 N–H and O–H groups in total. The summed E-state index contributed by atoms with van der Waals surface area (Å²) in [5.74, 6) is -0.616. The van der Waals surface area contributed by atoms with Crippen LogP contribution < -0.4 is 10.5 Å². The topological polar surface area (TPSA) is 92.2 Å². The van der Waals surface area contributed by atoms with E-state index in [2.05, 4.69) is 0 Å². The number of nitrogens with zero attached hydrogens (tertiary/aromatic N) is 4. The second-order valence-electron chi connectivity index (χ2n) is 8.81. The maximum atomic E-state index is 14.2. The number of pyridine rings is 1. The van der Waals surface area contributed by atoms with Crippen molar-refractivity contribution in [2.75, 3.05) is 57.4 Å². The minimum Gasteiger partial charge on any atom is -0.378 e. The number of sulfonamides is 1. The monoisotopic (exact) mass is 514 g/mol. The normalized spacial score (nSPS) is 17.5. The lowest BCUT2D eigenvalue weighted by atomic mass is 10.2. The van der Waals surface area contributed by atoms with Crippen LogP contribution in [-0.4, -0.2) is 80.6 Å². The fourth-order valence-corrected chi connectivity index (χ4v) is 6.35. The van der Waals surface area contributed by atoms with Crippen LogP contribution in [0.3, 0.4) is 0 Å². The lowest BCUT2D eigenvalue weighted by Crippen LogP contribution is -2.49. The standard InChI is InChI=1S/C25H27FN4O5S/c26-21-7-3-4-8-22(21)27-9-11-30(12-10-27)36(33,34)23-17-29(18-24(31)28-13-15-35-16-14-28)25(32)20-6-2-1-5-19(20)23/h1-8,17H,9-16,18H2. The Morgan fingerprint density at radius 1 is 0.889 bits per heavy atom. The van der Waals surface area contributed by atoms with Gasteiger partial charge in [-0.1, -0.05) is 30.3 Å².